The third-order valence-electron chi connectivity index (χ3n) is 13.0. The van der Waals surface area contributed by atoms with Gasteiger partial charge in [-0.05, 0) is 91.7 Å². The van der Waals surface area contributed by atoms with Crippen LogP contribution >= 0.6 is 0 Å². The van der Waals surface area contributed by atoms with Crippen molar-refractivity contribution in [3.63, 3.8) is 0 Å². The minimum absolute atomic E-state index is 0.0751. The standard InChI is InChI=1S/C55H42F6N4O7S2/c1-51(2,3)37-13-7-31(8-14-37)49-62-27-35(28-63-49)33-11-19-41-42-20-12-34(36-29-64-50(65-30-36)32-9-15-38(16-10-32)52(4,5)6)24-46(42)53(45(41)23-33)43-21-17-39(71-73(66,67)54(56,57)58)25-47(43)70-48-26-40(18-22-44(48)53)72-74(68,69)55(59,60)61/h7-30H,1-6H3. The van der Waals surface area contributed by atoms with Gasteiger partial charge >= 0.3 is 31.3 Å². The molecule has 0 atom stereocenters. The van der Waals surface area contributed by atoms with Crippen LogP contribution in [-0.4, -0.2) is 47.8 Å². The van der Waals surface area contributed by atoms with Crippen molar-refractivity contribution >= 4 is 20.2 Å². The van der Waals surface area contributed by atoms with Crippen molar-refractivity contribution in [3.05, 3.63) is 179 Å². The molecule has 1 aliphatic heterocycles. The van der Waals surface area contributed by atoms with Crippen molar-refractivity contribution in [3.8, 4) is 79.2 Å². The molecule has 3 heterocycles. The summed E-state index contributed by atoms with van der Waals surface area (Å²) < 4.78 is 146. The summed E-state index contributed by atoms with van der Waals surface area (Å²) in [6, 6.07) is 33.5. The van der Waals surface area contributed by atoms with Crippen LogP contribution in [0.2, 0.25) is 0 Å². The Hall–Kier alpha value is -7.64. The topological polar surface area (TPSA) is 148 Å². The lowest BCUT2D eigenvalue weighted by Crippen LogP contribution is -2.33. The van der Waals surface area contributed by atoms with Crippen LogP contribution in [0, 0.1) is 0 Å². The minimum atomic E-state index is -6.21. The number of hydrogen-bond acceptors (Lipinski definition) is 11. The first-order valence-electron chi connectivity index (χ1n) is 22.8. The largest absolute Gasteiger partial charge is 0.534 e. The van der Waals surface area contributed by atoms with E-state index in [9.17, 15) is 43.2 Å². The zero-order chi connectivity index (χ0) is 53.0. The number of rotatable bonds is 8. The number of aromatic nitrogens is 4. The van der Waals surface area contributed by atoms with E-state index in [1.165, 1.54) is 12.1 Å². The number of hydrogen-bond donors (Lipinski definition) is 0. The van der Waals surface area contributed by atoms with Crippen molar-refractivity contribution < 1.29 is 56.3 Å². The molecular weight excluding hydrogens is 1010 g/mol. The zero-order valence-corrected chi connectivity index (χ0v) is 41.7. The van der Waals surface area contributed by atoms with E-state index in [0.29, 0.717) is 56.2 Å². The Balaban J connectivity index is 1.16. The van der Waals surface area contributed by atoms with Crippen LogP contribution in [0.25, 0.3) is 56.2 Å². The van der Waals surface area contributed by atoms with Crippen molar-refractivity contribution in [1.29, 1.82) is 0 Å². The monoisotopic (exact) mass is 1050 g/mol. The Morgan fingerprint density at radius 2 is 0.757 bits per heavy atom. The summed E-state index contributed by atoms with van der Waals surface area (Å²) in [6.45, 7) is 12.7. The average molecular weight is 1050 g/mol. The van der Waals surface area contributed by atoms with E-state index in [2.05, 4.69) is 49.9 Å². The highest BCUT2D eigenvalue weighted by Gasteiger charge is 2.53. The second-order valence-electron chi connectivity index (χ2n) is 19.9. The van der Waals surface area contributed by atoms with Crippen LogP contribution in [0.4, 0.5) is 26.3 Å². The van der Waals surface area contributed by atoms with Crippen LogP contribution in [0.3, 0.4) is 0 Å². The van der Waals surface area contributed by atoms with Crippen LogP contribution < -0.4 is 13.1 Å². The molecular formula is C55H42F6N4O7S2. The van der Waals surface area contributed by atoms with Gasteiger partial charge in [-0.25, -0.2) is 19.9 Å². The molecule has 1 spiro atoms. The summed E-state index contributed by atoms with van der Waals surface area (Å²) in [5, 5.41) is 0. The van der Waals surface area contributed by atoms with Gasteiger partial charge in [0.2, 0.25) is 0 Å². The van der Waals surface area contributed by atoms with Gasteiger partial charge < -0.3 is 13.1 Å². The molecule has 6 aromatic carbocycles. The Bertz CT molecular complexity index is 3520. The predicted molar refractivity (Wildman–Crippen MR) is 265 cm³/mol. The average Bonchev–Trinajstić information content (AvgIpc) is 3.61. The molecule has 74 heavy (non-hydrogen) atoms. The molecule has 10 rings (SSSR count). The highest BCUT2D eigenvalue weighted by molar-refractivity contribution is 7.88. The van der Waals surface area contributed by atoms with Crippen molar-refractivity contribution in [1.82, 2.24) is 19.9 Å². The van der Waals surface area contributed by atoms with Crippen molar-refractivity contribution in [2.45, 2.75) is 68.8 Å². The van der Waals surface area contributed by atoms with E-state index in [4.69, 9.17) is 24.7 Å². The number of fused-ring (bicyclic) bond motifs is 9. The molecule has 2 aromatic heterocycles. The van der Waals surface area contributed by atoms with Crippen LogP contribution in [0.5, 0.6) is 23.0 Å². The molecule has 2 aliphatic rings. The lowest BCUT2D eigenvalue weighted by atomic mass is 9.65. The van der Waals surface area contributed by atoms with Gasteiger partial charge in [-0.2, -0.15) is 43.2 Å². The molecule has 378 valence electrons. The van der Waals surface area contributed by atoms with E-state index >= 15 is 0 Å². The van der Waals surface area contributed by atoms with Gasteiger partial charge in [-0.3, -0.25) is 0 Å². The van der Waals surface area contributed by atoms with Crippen molar-refractivity contribution in [2.24, 2.45) is 0 Å². The van der Waals surface area contributed by atoms with Gasteiger partial charge in [0.05, 0.1) is 5.41 Å². The molecule has 0 bridgehead atoms. The van der Waals surface area contributed by atoms with Gasteiger partial charge in [0.15, 0.2) is 11.6 Å². The SMILES string of the molecule is CC(C)(C)c1ccc(-c2ncc(-c3ccc4c(c3)C3(c5ccc(OS(=O)(=O)C(F)(F)F)cc5Oc5cc(OS(=O)(=O)C(F)(F)F)ccc53)c3cc(-c5cnc(-c6ccc(C(C)(C)C)cc6)nc5)ccc3-4)cn2)cc1. The molecule has 0 N–H and O–H groups in total. The maximum atomic E-state index is 13.7. The molecule has 11 nitrogen and oxygen atoms in total. The van der Waals surface area contributed by atoms with Gasteiger partial charge in [-0.1, -0.05) is 114 Å². The third-order valence-corrected chi connectivity index (χ3v) is 15.0. The summed E-state index contributed by atoms with van der Waals surface area (Å²) >= 11 is 0. The molecule has 0 fully saturated rings. The summed E-state index contributed by atoms with van der Waals surface area (Å²) in [5.74, 6) is -1.27. The second-order valence-corrected chi connectivity index (χ2v) is 23.0. The predicted octanol–water partition coefficient (Wildman–Crippen LogP) is 13.5. The molecule has 0 saturated carbocycles. The Morgan fingerprint density at radius 3 is 1.08 bits per heavy atom. The molecule has 0 radical (unpaired) electrons. The normalized spacial score (nSPS) is 14.1. The van der Waals surface area contributed by atoms with Gasteiger partial charge in [0.1, 0.15) is 23.0 Å². The fourth-order valence-corrected chi connectivity index (χ4v) is 10.2. The first kappa shape index (κ1) is 49.9. The highest BCUT2D eigenvalue weighted by atomic mass is 32.2. The Labute approximate surface area is 422 Å². The first-order chi connectivity index (χ1) is 34.6. The molecule has 0 amide bonds. The Morgan fingerprint density at radius 1 is 0.419 bits per heavy atom. The molecule has 0 unspecified atom stereocenters. The van der Waals surface area contributed by atoms with Crippen LogP contribution in [0.15, 0.2) is 146 Å². The van der Waals surface area contributed by atoms with Gasteiger partial charge in [0.25, 0.3) is 0 Å². The fourth-order valence-electron chi connectivity index (χ4n) is 9.26. The van der Waals surface area contributed by atoms with Crippen molar-refractivity contribution in [2.75, 3.05) is 0 Å². The van der Waals surface area contributed by atoms with E-state index in [-0.39, 0.29) is 33.5 Å². The summed E-state index contributed by atoms with van der Waals surface area (Å²) in [4.78, 5) is 18.8. The van der Waals surface area contributed by atoms with E-state index in [1.54, 1.807) is 24.8 Å². The molecule has 0 saturated heterocycles. The first-order valence-corrected chi connectivity index (χ1v) is 25.6. The fraction of sp³-hybridized carbons (Fsp3) is 0.200. The number of alkyl halides is 6. The maximum absolute atomic E-state index is 13.7. The lowest BCUT2D eigenvalue weighted by Gasteiger charge is -2.39. The number of halogens is 6. The van der Waals surface area contributed by atoms with Crippen LogP contribution in [0.1, 0.15) is 74.9 Å². The molecule has 19 heteroatoms. The maximum Gasteiger partial charge on any atom is 0.534 e. The minimum Gasteiger partial charge on any atom is -0.456 e. The number of nitrogens with zero attached hydrogens (tertiary/aromatic N) is 4. The van der Waals surface area contributed by atoms with Crippen LogP contribution in [-0.2, 0) is 36.5 Å². The lowest BCUT2D eigenvalue weighted by molar-refractivity contribution is -0.0504. The summed E-state index contributed by atoms with van der Waals surface area (Å²) in [5.41, 5.74) is -4.34. The zero-order valence-electron chi connectivity index (χ0n) is 40.1. The van der Waals surface area contributed by atoms with Gasteiger partial charge in [0, 0.05) is 70.3 Å². The quantitative estimate of drug-likeness (QED) is 0.0813. The van der Waals surface area contributed by atoms with Gasteiger partial charge in [-0.15, -0.1) is 0 Å². The highest BCUT2D eigenvalue weighted by Crippen LogP contribution is 2.63. The number of benzene rings is 6. The molecule has 1 aliphatic carbocycles. The van der Waals surface area contributed by atoms with E-state index in [0.717, 1.165) is 46.5 Å². The van der Waals surface area contributed by atoms with E-state index in [1.807, 2.05) is 84.9 Å². The smallest absolute Gasteiger partial charge is 0.456 e. The van der Waals surface area contributed by atoms with E-state index < -0.39 is 48.2 Å². The summed E-state index contributed by atoms with van der Waals surface area (Å²) in [7, 11) is -12.4. The molecule has 8 aromatic rings. The third kappa shape index (κ3) is 8.70. The Kier molecular flexibility index (Phi) is 11.6. The number of ether oxygens (including phenoxy) is 1. The second kappa shape index (κ2) is 17.2. The summed E-state index contributed by atoms with van der Waals surface area (Å²) in [6.07, 6.45) is 6.61.